The van der Waals surface area contributed by atoms with Gasteiger partial charge in [-0.3, -0.25) is 10.1 Å². The molecular weight excluding hydrogens is 191 g/mol. The molecule has 0 aliphatic carbocycles. The quantitative estimate of drug-likeness (QED) is 0.505. The first kappa shape index (κ1) is 8.54. The predicted octanol–water partition coefficient (Wildman–Crippen LogP) is 1.09. The number of aromatic nitrogens is 3. The minimum Gasteiger partial charge on any atom is -0.258 e. The molecule has 0 spiro atoms. The fraction of sp³-hybridized carbons (Fsp3) is 0.143. The van der Waals surface area contributed by atoms with E-state index in [9.17, 15) is 14.5 Å². The molecule has 0 N–H and O–H groups in total. The van der Waals surface area contributed by atoms with Gasteiger partial charge in [-0.1, -0.05) is 0 Å². The van der Waals surface area contributed by atoms with Gasteiger partial charge in [-0.05, 0) is 6.92 Å². The zero-order chi connectivity index (χ0) is 10.3. The van der Waals surface area contributed by atoms with Crippen LogP contribution in [0.2, 0.25) is 0 Å². The van der Waals surface area contributed by atoms with Gasteiger partial charge in [-0.25, -0.2) is 13.9 Å². The van der Waals surface area contributed by atoms with Crippen LogP contribution in [0.3, 0.4) is 0 Å². The van der Waals surface area contributed by atoms with Gasteiger partial charge in [0, 0.05) is 0 Å². The molecule has 0 bridgehead atoms. The van der Waals surface area contributed by atoms with Gasteiger partial charge in [0.15, 0.2) is 11.5 Å². The lowest BCUT2D eigenvalue weighted by Crippen LogP contribution is -1.96. The Labute approximate surface area is 77.1 Å². The van der Waals surface area contributed by atoms with E-state index in [0.29, 0.717) is 5.82 Å². The van der Waals surface area contributed by atoms with Crippen molar-refractivity contribution in [3.8, 4) is 0 Å². The van der Waals surface area contributed by atoms with E-state index in [4.69, 9.17) is 0 Å². The normalized spacial score (nSPS) is 10.7. The summed E-state index contributed by atoms with van der Waals surface area (Å²) in [5, 5.41) is 14.2. The molecule has 0 fully saturated rings. The van der Waals surface area contributed by atoms with Crippen molar-refractivity contribution in [3.63, 3.8) is 0 Å². The third-order valence-corrected chi connectivity index (χ3v) is 1.69. The second kappa shape index (κ2) is 2.72. The molecule has 0 saturated heterocycles. The number of hydrogen-bond donors (Lipinski definition) is 0. The van der Waals surface area contributed by atoms with Gasteiger partial charge in [-0.15, -0.1) is 0 Å². The summed E-state index contributed by atoms with van der Waals surface area (Å²) >= 11 is 0. The van der Waals surface area contributed by atoms with Crippen molar-refractivity contribution in [1.82, 2.24) is 14.6 Å². The summed E-state index contributed by atoms with van der Waals surface area (Å²) in [6, 6.07) is 0.823. The zero-order valence-electron chi connectivity index (χ0n) is 7.14. The molecule has 2 rings (SSSR count). The summed E-state index contributed by atoms with van der Waals surface area (Å²) in [6.45, 7) is 1.58. The van der Waals surface area contributed by atoms with Gasteiger partial charge < -0.3 is 0 Å². The van der Waals surface area contributed by atoms with Crippen molar-refractivity contribution in [3.05, 3.63) is 34.0 Å². The van der Waals surface area contributed by atoms with E-state index in [1.54, 1.807) is 6.92 Å². The molecule has 2 aromatic rings. The number of aryl methyl sites for hydroxylation is 1. The minimum absolute atomic E-state index is 0.00639. The van der Waals surface area contributed by atoms with E-state index in [-0.39, 0.29) is 11.3 Å². The topological polar surface area (TPSA) is 73.3 Å². The standard InChI is InChI=1S/C7H5FN4O2/c1-4-9-7-6(8)2-5(12(13)14)3-11(7)10-4/h2-3H,1H3. The number of halogens is 1. The lowest BCUT2D eigenvalue weighted by atomic mass is 10.4. The SMILES string of the molecule is Cc1nc2c(F)cc([N+](=O)[O-])cn2n1. The molecule has 2 aromatic heterocycles. The van der Waals surface area contributed by atoms with Gasteiger partial charge in [0.2, 0.25) is 0 Å². The monoisotopic (exact) mass is 196 g/mol. The maximum Gasteiger partial charge on any atom is 0.290 e. The van der Waals surface area contributed by atoms with E-state index in [2.05, 4.69) is 10.1 Å². The number of rotatable bonds is 1. The summed E-state index contributed by atoms with van der Waals surface area (Å²) in [4.78, 5) is 13.5. The molecule has 0 radical (unpaired) electrons. The first-order valence-corrected chi connectivity index (χ1v) is 3.75. The zero-order valence-corrected chi connectivity index (χ0v) is 7.14. The Hall–Kier alpha value is -2.05. The fourth-order valence-electron chi connectivity index (χ4n) is 1.14. The summed E-state index contributed by atoms with van der Waals surface area (Å²) in [5.41, 5.74) is -0.354. The molecular formula is C7H5FN4O2. The smallest absolute Gasteiger partial charge is 0.258 e. The van der Waals surface area contributed by atoms with Crippen molar-refractivity contribution >= 4 is 11.3 Å². The van der Waals surface area contributed by atoms with Gasteiger partial charge >= 0.3 is 0 Å². The van der Waals surface area contributed by atoms with Gasteiger partial charge in [0.05, 0.1) is 11.0 Å². The van der Waals surface area contributed by atoms with E-state index in [1.807, 2.05) is 0 Å². The molecule has 72 valence electrons. The highest BCUT2D eigenvalue weighted by molar-refractivity contribution is 5.44. The van der Waals surface area contributed by atoms with E-state index in [0.717, 1.165) is 16.8 Å². The highest BCUT2D eigenvalue weighted by Gasteiger charge is 2.13. The van der Waals surface area contributed by atoms with Gasteiger partial charge in [0.1, 0.15) is 12.0 Å². The molecule has 0 unspecified atom stereocenters. The number of pyridine rings is 1. The number of nitro groups is 1. The van der Waals surface area contributed by atoms with Crippen LogP contribution in [0.1, 0.15) is 5.82 Å². The van der Waals surface area contributed by atoms with Crippen LogP contribution in [0.5, 0.6) is 0 Å². The molecule has 0 atom stereocenters. The molecule has 0 saturated carbocycles. The lowest BCUT2D eigenvalue weighted by molar-refractivity contribution is -0.385. The summed E-state index contributed by atoms with van der Waals surface area (Å²) in [5.74, 6) is -0.385. The minimum atomic E-state index is -0.750. The predicted molar refractivity (Wildman–Crippen MR) is 44.3 cm³/mol. The third kappa shape index (κ3) is 1.18. The second-order valence-electron chi connectivity index (χ2n) is 2.73. The Kier molecular flexibility index (Phi) is 1.66. The van der Waals surface area contributed by atoms with Crippen molar-refractivity contribution in [2.24, 2.45) is 0 Å². The average Bonchev–Trinajstić information content (AvgIpc) is 2.45. The van der Waals surface area contributed by atoms with Crippen LogP contribution >= 0.6 is 0 Å². The van der Waals surface area contributed by atoms with Crippen LogP contribution in [0.15, 0.2) is 12.3 Å². The number of fused-ring (bicyclic) bond motifs is 1. The highest BCUT2D eigenvalue weighted by atomic mass is 19.1. The Morgan fingerprint density at radius 1 is 1.64 bits per heavy atom. The number of hydrogen-bond acceptors (Lipinski definition) is 4. The maximum atomic E-state index is 13.2. The largest absolute Gasteiger partial charge is 0.290 e. The van der Waals surface area contributed by atoms with Crippen LogP contribution in [0.4, 0.5) is 10.1 Å². The van der Waals surface area contributed by atoms with Crippen LogP contribution < -0.4 is 0 Å². The van der Waals surface area contributed by atoms with Crippen LogP contribution in [0, 0.1) is 22.9 Å². The van der Waals surface area contributed by atoms with Crippen LogP contribution in [-0.2, 0) is 0 Å². The molecule has 7 heteroatoms. The summed E-state index contributed by atoms with van der Waals surface area (Å²) in [6.07, 6.45) is 1.12. The second-order valence-corrected chi connectivity index (χ2v) is 2.73. The molecule has 0 aliphatic rings. The summed E-state index contributed by atoms with van der Waals surface area (Å²) < 4.78 is 14.3. The highest BCUT2D eigenvalue weighted by Crippen LogP contribution is 2.15. The Morgan fingerprint density at radius 3 is 3.00 bits per heavy atom. The van der Waals surface area contributed by atoms with E-state index in [1.165, 1.54) is 0 Å². The average molecular weight is 196 g/mol. The molecule has 0 aromatic carbocycles. The van der Waals surface area contributed by atoms with Crippen molar-refractivity contribution in [1.29, 1.82) is 0 Å². The fourth-order valence-corrected chi connectivity index (χ4v) is 1.14. The first-order valence-electron chi connectivity index (χ1n) is 3.75. The van der Waals surface area contributed by atoms with E-state index < -0.39 is 10.7 Å². The van der Waals surface area contributed by atoms with Crippen molar-refractivity contribution in [2.75, 3.05) is 0 Å². The number of nitrogens with zero attached hydrogens (tertiary/aromatic N) is 4. The molecule has 6 nitrogen and oxygen atoms in total. The van der Waals surface area contributed by atoms with Gasteiger partial charge in [0.25, 0.3) is 5.69 Å². The molecule has 0 amide bonds. The Bertz CT molecular complexity index is 522. The summed E-state index contributed by atoms with van der Waals surface area (Å²) in [7, 11) is 0. The Balaban J connectivity index is 2.77. The van der Waals surface area contributed by atoms with Crippen molar-refractivity contribution in [2.45, 2.75) is 6.92 Å². The first-order chi connectivity index (χ1) is 6.58. The van der Waals surface area contributed by atoms with Gasteiger partial charge in [-0.2, -0.15) is 5.10 Å². The third-order valence-electron chi connectivity index (χ3n) is 1.69. The van der Waals surface area contributed by atoms with Crippen LogP contribution in [0.25, 0.3) is 5.65 Å². The molecule has 2 heterocycles. The van der Waals surface area contributed by atoms with Crippen molar-refractivity contribution < 1.29 is 9.31 Å². The van der Waals surface area contributed by atoms with Crippen LogP contribution in [-0.4, -0.2) is 19.5 Å². The van der Waals surface area contributed by atoms with E-state index >= 15 is 0 Å². The molecule has 0 aliphatic heterocycles. The molecule has 14 heavy (non-hydrogen) atoms. The Morgan fingerprint density at radius 2 is 2.36 bits per heavy atom. The lowest BCUT2D eigenvalue weighted by Gasteiger charge is -1.93. The maximum absolute atomic E-state index is 13.2.